The van der Waals surface area contributed by atoms with Crippen LogP contribution in [0.1, 0.15) is 13.3 Å². The van der Waals surface area contributed by atoms with Crippen LogP contribution in [0.25, 0.3) is 0 Å². The minimum Gasteiger partial charge on any atom is -0.396 e. The number of rotatable bonds is 4. The molecule has 0 saturated carbocycles. The fourth-order valence-electron chi connectivity index (χ4n) is 0.538. The maximum atomic E-state index is 9.00. The number of aliphatic hydroxyl groups excluding tert-OH is 3. The first-order valence-corrected chi connectivity index (χ1v) is 3.12. The average Bonchev–Trinajstić information content (AvgIpc) is 1.87. The van der Waals surface area contributed by atoms with Gasteiger partial charge in [-0.2, -0.15) is 0 Å². The van der Waals surface area contributed by atoms with E-state index in [9.17, 15) is 0 Å². The van der Waals surface area contributed by atoms with Crippen LogP contribution in [-0.4, -0.2) is 34.6 Å². The van der Waals surface area contributed by atoms with Gasteiger partial charge in [0.05, 0.1) is 6.10 Å². The molecule has 0 radical (unpaired) electrons. The normalized spacial score (nSPS) is 17.3. The molecule has 0 amide bonds. The van der Waals surface area contributed by atoms with Gasteiger partial charge in [0.1, 0.15) is 0 Å². The first-order chi connectivity index (χ1) is 4.22. The van der Waals surface area contributed by atoms with Crippen molar-refractivity contribution in [2.24, 2.45) is 5.92 Å². The van der Waals surface area contributed by atoms with Gasteiger partial charge in [0.25, 0.3) is 0 Å². The third kappa shape index (κ3) is 3.46. The van der Waals surface area contributed by atoms with Gasteiger partial charge in [-0.3, -0.25) is 0 Å². The first-order valence-electron chi connectivity index (χ1n) is 3.12. The van der Waals surface area contributed by atoms with Gasteiger partial charge in [0.15, 0.2) is 0 Å². The summed E-state index contributed by atoms with van der Waals surface area (Å²) in [6.45, 7) is 1.69. The second-order valence-corrected chi connectivity index (χ2v) is 2.24. The van der Waals surface area contributed by atoms with Crippen LogP contribution in [0, 0.1) is 5.92 Å². The second-order valence-electron chi connectivity index (χ2n) is 2.24. The molecule has 0 aromatic rings. The lowest BCUT2D eigenvalue weighted by Gasteiger charge is -2.14. The van der Waals surface area contributed by atoms with Gasteiger partial charge < -0.3 is 15.3 Å². The molecule has 0 heterocycles. The summed E-state index contributed by atoms with van der Waals surface area (Å²) in [6.07, 6.45) is -0.221. The van der Waals surface area contributed by atoms with Crippen LogP contribution >= 0.6 is 0 Å². The summed E-state index contributed by atoms with van der Waals surface area (Å²) < 4.78 is 0. The zero-order chi connectivity index (χ0) is 7.28. The Bertz CT molecular complexity index is 65.3. The molecule has 0 aliphatic heterocycles. The molecule has 0 aliphatic carbocycles. The Balaban J connectivity index is 3.32. The Kier molecular flexibility index (Phi) is 4.67. The van der Waals surface area contributed by atoms with Crippen LogP contribution in [0.15, 0.2) is 0 Å². The Morgan fingerprint density at radius 3 is 2.22 bits per heavy atom. The lowest BCUT2D eigenvalue weighted by molar-refractivity contribution is 0.0563. The van der Waals surface area contributed by atoms with E-state index in [0.29, 0.717) is 6.42 Å². The van der Waals surface area contributed by atoms with Crippen molar-refractivity contribution in [3.63, 3.8) is 0 Å². The van der Waals surface area contributed by atoms with Crippen molar-refractivity contribution >= 4 is 0 Å². The van der Waals surface area contributed by atoms with Crippen molar-refractivity contribution in [3.8, 4) is 0 Å². The number of hydrogen-bond donors (Lipinski definition) is 3. The second kappa shape index (κ2) is 4.73. The summed E-state index contributed by atoms with van der Waals surface area (Å²) in [4.78, 5) is 0. The largest absolute Gasteiger partial charge is 0.396 e. The zero-order valence-electron chi connectivity index (χ0n) is 5.62. The molecule has 0 aliphatic rings. The summed E-state index contributed by atoms with van der Waals surface area (Å²) in [5, 5.41) is 25.8. The lowest BCUT2D eigenvalue weighted by atomic mass is 10.0. The van der Waals surface area contributed by atoms with E-state index in [1.165, 1.54) is 0 Å². The minimum atomic E-state index is -0.569. The zero-order valence-corrected chi connectivity index (χ0v) is 5.62. The molecular weight excluding hydrogens is 120 g/mol. The van der Waals surface area contributed by atoms with Gasteiger partial charge in [-0.15, -0.1) is 0 Å². The Morgan fingerprint density at radius 2 is 1.89 bits per heavy atom. The van der Waals surface area contributed by atoms with Crippen LogP contribution in [0.5, 0.6) is 0 Å². The van der Waals surface area contributed by atoms with Crippen molar-refractivity contribution < 1.29 is 15.3 Å². The van der Waals surface area contributed by atoms with Crippen molar-refractivity contribution in [1.82, 2.24) is 0 Å². The van der Waals surface area contributed by atoms with E-state index in [0.717, 1.165) is 0 Å². The third-order valence-electron chi connectivity index (χ3n) is 1.37. The highest BCUT2D eigenvalue weighted by Gasteiger charge is 2.11. The molecule has 0 bridgehead atoms. The number of aliphatic hydroxyl groups is 3. The van der Waals surface area contributed by atoms with Crippen LogP contribution in [-0.2, 0) is 0 Å². The summed E-state index contributed by atoms with van der Waals surface area (Å²) in [5.74, 6) is -0.128. The van der Waals surface area contributed by atoms with E-state index in [4.69, 9.17) is 15.3 Å². The van der Waals surface area contributed by atoms with E-state index in [1.807, 2.05) is 0 Å². The molecule has 0 rings (SSSR count). The van der Waals surface area contributed by atoms with E-state index < -0.39 is 6.10 Å². The molecule has 0 unspecified atom stereocenters. The van der Waals surface area contributed by atoms with Crippen molar-refractivity contribution in [3.05, 3.63) is 0 Å². The van der Waals surface area contributed by atoms with Crippen LogP contribution in [0.4, 0.5) is 0 Å². The summed E-state index contributed by atoms with van der Waals surface area (Å²) in [7, 11) is 0. The maximum absolute atomic E-state index is 9.00. The molecule has 9 heavy (non-hydrogen) atoms. The van der Waals surface area contributed by atoms with Gasteiger partial charge in [-0.25, -0.2) is 0 Å². The van der Waals surface area contributed by atoms with Crippen molar-refractivity contribution in [1.29, 1.82) is 0 Å². The fraction of sp³-hybridized carbons (Fsp3) is 1.00. The van der Waals surface area contributed by atoms with E-state index >= 15 is 0 Å². The molecule has 0 fully saturated rings. The predicted octanol–water partition coefficient (Wildman–Crippen LogP) is -0.642. The monoisotopic (exact) mass is 134 g/mol. The van der Waals surface area contributed by atoms with Gasteiger partial charge in [-0.05, 0) is 6.42 Å². The molecule has 0 saturated heterocycles. The molecule has 3 heteroatoms. The third-order valence-corrected chi connectivity index (χ3v) is 1.37. The maximum Gasteiger partial charge on any atom is 0.0609 e. The molecule has 3 nitrogen and oxygen atoms in total. The molecule has 2 atom stereocenters. The topological polar surface area (TPSA) is 60.7 Å². The molecular formula is C6H14O3. The highest BCUT2D eigenvalue weighted by Crippen LogP contribution is 2.04. The van der Waals surface area contributed by atoms with Crippen molar-refractivity contribution in [2.75, 3.05) is 13.2 Å². The van der Waals surface area contributed by atoms with Gasteiger partial charge in [-0.1, -0.05) is 6.92 Å². The molecule has 0 spiro atoms. The summed E-state index contributed by atoms with van der Waals surface area (Å²) in [5.41, 5.74) is 0. The highest BCUT2D eigenvalue weighted by molar-refractivity contribution is 4.61. The Morgan fingerprint density at radius 1 is 1.33 bits per heavy atom. The van der Waals surface area contributed by atoms with Crippen LogP contribution < -0.4 is 0 Å². The number of hydrogen-bond acceptors (Lipinski definition) is 3. The smallest absolute Gasteiger partial charge is 0.0609 e. The van der Waals surface area contributed by atoms with Crippen molar-refractivity contribution in [2.45, 2.75) is 19.4 Å². The Hall–Kier alpha value is -0.120. The minimum absolute atomic E-state index is 0.0223. The van der Waals surface area contributed by atoms with Gasteiger partial charge >= 0.3 is 0 Å². The van der Waals surface area contributed by atoms with Gasteiger partial charge in [0.2, 0.25) is 0 Å². The quantitative estimate of drug-likeness (QED) is 0.479. The summed E-state index contributed by atoms with van der Waals surface area (Å²) >= 11 is 0. The molecule has 56 valence electrons. The van der Waals surface area contributed by atoms with Crippen LogP contribution in [0.2, 0.25) is 0 Å². The lowest BCUT2D eigenvalue weighted by Crippen LogP contribution is -2.21. The highest BCUT2D eigenvalue weighted by atomic mass is 16.3. The van der Waals surface area contributed by atoms with Gasteiger partial charge in [0, 0.05) is 19.1 Å². The molecule has 0 aromatic heterocycles. The van der Waals surface area contributed by atoms with Crippen LogP contribution in [0.3, 0.4) is 0 Å². The fourth-order valence-corrected chi connectivity index (χ4v) is 0.538. The predicted molar refractivity (Wildman–Crippen MR) is 34.0 cm³/mol. The molecule has 3 N–H and O–H groups in total. The van der Waals surface area contributed by atoms with E-state index in [1.54, 1.807) is 6.92 Å². The average molecular weight is 134 g/mol. The van der Waals surface area contributed by atoms with E-state index in [-0.39, 0.29) is 19.1 Å². The van der Waals surface area contributed by atoms with E-state index in [2.05, 4.69) is 0 Å². The summed E-state index contributed by atoms with van der Waals surface area (Å²) in [6, 6.07) is 0. The molecule has 0 aromatic carbocycles. The Labute approximate surface area is 54.9 Å². The SMILES string of the molecule is C[C@@H](CO)[C@@H](O)CCO. The first kappa shape index (κ1) is 8.88. The standard InChI is InChI=1S/C6H14O3/c1-5(4-8)6(9)2-3-7/h5-9H,2-4H2,1H3/t5-,6-/m0/s1.